The highest BCUT2D eigenvalue weighted by Crippen LogP contribution is 2.20. The van der Waals surface area contributed by atoms with Crippen LogP contribution >= 0.6 is 0 Å². The van der Waals surface area contributed by atoms with E-state index in [0.29, 0.717) is 11.8 Å². The van der Waals surface area contributed by atoms with Crippen LogP contribution in [-0.4, -0.2) is 24.8 Å². The number of hydrogen-bond acceptors (Lipinski definition) is 3. The van der Waals surface area contributed by atoms with Gasteiger partial charge < -0.3 is 21.1 Å². The lowest BCUT2D eigenvalue weighted by Gasteiger charge is -2.13. The second-order valence-electron chi connectivity index (χ2n) is 4.60. The van der Waals surface area contributed by atoms with E-state index in [1.807, 2.05) is 18.2 Å². The third-order valence-corrected chi connectivity index (χ3v) is 2.98. The first-order valence-corrected chi connectivity index (χ1v) is 6.19. The van der Waals surface area contributed by atoms with Gasteiger partial charge in [-0.3, -0.25) is 0 Å². The molecule has 98 valence electrons. The molecule has 0 spiro atoms. The van der Waals surface area contributed by atoms with Gasteiger partial charge in [-0.25, -0.2) is 4.79 Å². The number of ether oxygens (including phenoxy) is 1. The van der Waals surface area contributed by atoms with Crippen LogP contribution in [0.2, 0.25) is 0 Å². The number of hydrogen-bond donors (Lipinski definition) is 3. The first-order chi connectivity index (χ1) is 8.63. The van der Waals surface area contributed by atoms with Crippen molar-refractivity contribution in [3.05, 3.63) is 24.3 Å². The van der Waals surface area contributed by atoms with Crippen molar-refractivity contribution < 1.29 is 9.53 Å². The van der Waals surface area contributed by atoms with Crippen LogP contribution < -0.4 is 16.4 Å². The molecule has 18 heavy (non-hydrogen) atoms. The average molecular weight is 249 g/mol. The number of urea groups is 1. The number of nitrogens with one attached hydrogen (secondary N) is 2. The van der Waals surface area contributed by atoms with E-state index in [2.05, 4.69) is 17.6 Å². The van der Waals surface area contributed by atoms with Gasteiger partial charge in [0.05, 0.1) is 12.2 Å². The highest BCUT2D eigenvalue weighted by Gasteiger charge is 2.21. The molecule has 2 atom stereocenters. The Morgan fingerprint density at radius 3 is 2.89 bits per heavy atom. The topological polar surface area (TPSA) is 76.4 Å². The largest absolute Gasteiger partial charge is 0.382 e. The fraction of sp³-hybridized carbons (Fsp3) is 0.462. The summed E-state index contributed by atoms with van der Waals surface area (Å²) in [6, 6.07) is 6.91. The molecule has 1 fully saturated rings. The van der Waals surface area contributed by atoms with E-state index in [4.69, 9.17) is 10.5 Å². The molecular formula is C13H19N3O2. The normalized spacial score (nSPS) is 22.7. The summed E-state index contributed by atoms with van der Waals surface area (Å²) < 4.78 is 5.73. The summed E-state index contributed by atoms with van der Waals surface area (Å²) in [6.45, 7) is 2.88. The highest BCUT2D eigenvalue weighted by atomic mass is 16.5. The molecule has 0 aromatic heterocycles. The van der Waals surface area contributed by atoms with Gasteiger partial charge in [-0.1, -0.05) is 6.07 Å². The summed E-state index contributed by atoms with van der Waals surface area (Å²) in [7, 11) is 0. The second kappa shape index (κ2) is 5.73. The third kappa shape index (κ3) is 3.63. The molecule has 1 aromatic carbocycles. The smallest absolute Gasteiger partial charge is 0.316 e. The molecule has 1 aliphatic rings. The van der Waals surface area contributed by atoms with E-state index in [-0.39, 0.29) is 6.10 Å². The standard InChI is InChI=1S/C13H19N3O2/c1-9-5-6-12(18-9)8-15-10-3-2-4-11(7-10)16-13(14)17/h2-4,7,9,12,15H,5-6,8H2,1H3,(H3,14,16,17). The average Bonchev–Trinajstić information content (AvgIpc) is 2.72. The van der Waals surface area contributed by atoms with E-state index < -0.39 is 6.03 Å². The first kappa shape index (κ1) is 12.7. The van der Waals surface area contributed by atoms with Gasteiger partial charge in [0.25, 0.3) is 0 Å². The van der Waals surface area contributed by atoms with Crippen molar-refractivity contribution in [3.63, 3.8) is 0 Å². The minimum absolute atomic E-state index is 0.271. The van der Waals surface area contributed by atoms with E-state index in [1.165, 1.54) is 0 Å². The van der Waals surface area contributed by atoms with Gasteiger partial charge in [-0.15, -0.1) is 0 Å². The van der Waals surface area contributed by atoms with Crippen molar-refractivity contribution in [2.24, 2.45) is 5.73 Å². The fourth-order valence-corrected chi connectivity index (χ4v) is 2.12. The van der Waals surface area contributed by atoms with Crippen molar-refractivity contribution >= 4 is 17.4 Å². The zero-order chi connectivity index (χ0) is 13.0. The van der Waals surface area contributed by atoms with Crippen LogP contribution in [0.4, 0.5) is 16.2 Å². The number of anilines is 2. The van der Waals surface area contributed by atoms with E-state index in [1.54, 1.807) is 6.07 Å². The van der Waals surface area contributed by atoms with Crippen molar-refractivity contribution in [2.75, 3.05) is 17.2 Å². The van der Waals surface area contributed by atoms with Crippen molar-refractivity contribution in [3.8, 4) is 0 Å². The number of carbonyl (C=O) groups is 1. The van der Waals surface area contributed by atoms with Gasteiger partial charge in [0.15, 0.2) is 0 Å². The summed E-state index contributed by atoms with van der Waals surface area (Å²) >= 11 is 0. The van der Waals surface area contributed by atoms with Gasteiger partial charge in [-0.05, 0) is 38.0 Å². The predicted molar refractivity (Wildman–Crippen MR) is 71.7 cm³/mol. The Labute approximate surface area is 107 Å². The van der Waals surface area contributed by atoms with Gasteiger partial charge in [0, 0.05) is 17.9 Å². The Bertz CT molecular complexity index is 422. The third-order valence-electron chi connectivity index (χ3n) is 2.98. The van der Waals surface area contributed by atoms with E-state index >= 15 is 0 Å². The summed E-state index contributed by atoms with van der Waals surface area (Å²) in [6.07, 6.45) is 2.84. The molecule has 5 nitrogen and oxygen atoms in total. The Morgan fingerprint density at radius 1 is 1.44 bits per heavy atom. The molecule has 1 aromatic rings. The molecule has 1 aliphatic heterocycles. The van der Waals surface area contributed by atoms with E-state index in [0.717, 1.165) is 25.1 Å². The molecule has 5 heteroatoms. The van der Waals surface area contributed by atoms with Gasteiger partial charge in [0.1, 0.15) is 0 Å². The van der Waals surface area contributed by atoms with Crippen LogP contribution in [0, 0.1) is 0 Å². The molecule has 0 bridgehead atoms. The summed E-state index contributed by atoms with van der Waals surface area (Å²) in [5.41, 5.74) is 6.71. The summed E-state index contributed by atoms with van der Waals surface area (Å²) in [4.78, 5) is 10.8. The monoisotopic (exact) mass is 249 g/mol. The predicted octanol–water partition coefficient (Wildman–Crippen LogP) is 2.16. The molecular weight excluding hydrogens is 230 g/mol. The van der Waals surface area contributed by atoms with E-state index in [9.17, 15) is 4.79 Å². The van der Waals surface area contributed by atoms with Crippen molar-refractivity contribution in [1.82, 2.24) is 0 Å². The van der Waals surface area contributed by atoms with Crippen LogP contribution in [0.15, 0.2) is 24.3 Å². The first-order valence-electron chi connectivity index (χ1n) is 6.19. The van der Waals surface area contributed by atoms with Crippen molar-refractivity contribution in [1.29, 1.82) is 0 Å². The second-order valence-corrected chi connectivity index (χ2v) is 4.60. The fourth-order valence-electron chi connectivity index (χ4n) is 2.12. The van der Waals surface area contributed by atoms with Crippen LogP contribution in [0.25, 0.3) is 0 Å². The molecule has 0 radical (unpaired) electrons. The van der Waals surface area contributed by atoms with Crippen LogP contribution in [0.1, 0.15) is 19.8 Å². The SMILES string of the molecule is CC1CCC(CNc2cccc(NC(N)=O)c2)O1. The molecule has 1 saturated heterocycles. The highest BCUT2D eigenvalue weighted by molar-refractivity contribution is 5.88. The van der Waals surface area contributed by atoms with Crippen LogP contribution in [0.5, 0.6) is 0 Å². The molecule has 4 N–H and O–H groups in total. The Balaban J connectivity index is 1.87. The lowest BCUT2D eigenvalue weighted by atomic mass is 10.2. The van der Waals surface area contributed by atoms with Crippen LogP contribution in [0.3, 0.4) is 0 Å². The Kier molecular flexibility index (Phi) is 4.04. The number of rotatable bonds is 4. The molecule has 0 saturated carbocycles. The van der Waals surface area contributed by atoms with Crippen molar-refractivity contribution in [2.45, 2.75) is 32.0 Å². The number of nitrogens with two attached hydrogens (primary N) is 1. The number of benzene rings is 1. The maximum Gasteiger partial charge on any atom is 0.316 e. The minimum Gasteiger partial charge on any atom is -0.382 e. The van der Waals surface area contributed by atoms with Crippen LogP contribution in [-0.2, 0) is 4.74 Å². The maximum absolute atomic E-state index is 10.8. The lowest BCUT2D eigenvalue weighted by Crippen LogP contribution is -2.20. The molecule has 0 aliphatic carbocycles. The molecule has 2 rings (SSSR count). The Hall–Kier alpha value is -1.75. The lowest BCUT2D eigenvalue weighted by molar-refractivity contribution is 0.0637. The molecule has 2 unspecified atom stereocenters. The number of primary amides is 1. The summed E-state index contributed by atoms with van der Waals surface area (Å²) in [5, 5.41) is 5.85. The number of carbonyl (C=O) groups excluding carboxylic acids is 1. The minimum atomic E-state index is -0.555. The quantitative estimate of drug-likeness (QED) is 0.765. The van der Waals surface area contributed by atoms with Gasteiger partial charge in [-0.2, -0.15) is 0 Å². The number of amides is 2. The Morgan fingerprint density at radius 2 is 2.22 bits per heavy atom. The van der Waals surface area contributed by atoms with Gasteiger partial charge in [0.2, 0.25) is 0 Å². The molecule has 1 heterocycles. The zero-order valence-electron chi connectivity index (χ0n) is 10.5. The summed E-state index contributed by atoms with van der Waals surface area (Å²) in [5.74, 6) is 0. The van der Waals surface area contributed by atoms with Gasteiger partial charge >= 0.3 is 6.03 Å². The maximum atomic E-state index is 10.8. The molecule has 2 amide bonds. The zero-order valence-corrected chi connectivity index (χ0v) is 10.5.